The molecule has 0 saturated heterocycles. The summed E-state index contributed by atoms with van der Waals surface area (Å²) in [6.07, 6.45) is 0. The van der Waals surface area contributed by atoms with E-state index in [1.165, 1.54) is 32.4 Å². The third-order valence-corrected chi connectivity index (χ3v) is 4.61. The van der Waals surface area contributed by atoms with E-state index in [4.69, 9.17) is 5.14 Å². The number of hydrogen-bond donors (Lipinski definition) is 1. The van der Waals surface area contributed by atoms with E-state index in [-0.39, 0.29) is 9.79 Å². The molecule has 0 spiro atoms. The van der Waals surface area contributed by atoms with E-state index in [1.54, 1.807) is 0 Å². The van der Waals surface area contributed by atoms with Crippen LogP contribution in [0, 0.1) is 0 Å². The van der Waals surface area contributed by atoms with E-state index in [1.807, 2.05) is 0 Å². The van der Waals surface area contributed by atoms with Crippen LogP contribution in [0.2, 0.25) is 0 Å². The van der Waals surface area contributed by atoms with Gasteiger partial charge in [0.15, 0.2) is 0 Å². The molecule has 0 aliphatic rings. The van der Waals surface area contributed by atoms with Crippen molar-refractivity contribution in [3.63, 3.8) is 0 Å². The molecule has 0 aromatic heterocycles. The molecule has 0 unspecified atom stereocenters. The van der Waals surface area contributed by atoms with Crippen LogP contribution in [0.1, 0.15) is 0 Å². The lowest BCUT2D eigenvalue weighted by atomic mass is 10.4. The summed E-state index contributed by atoms with van der Waals surface area (Å²) in [7, 11) is -5.45. The van der Waals surface area contributed by atoms with Crippen LogP contribution >= 0.6 is 0 Å². The second-order valence-electron chi connectivity index (χ2n) is 3.12. The molecule has 0 bridgehead atoms. The number of nitrogens with two attached hydrogens (primary N) is 1. The Balaban J connectivity index is 3.36. The second kappa shape index (κ2) is 4.70. The molecule has 1 aromatic rings. The number of benzene rings is 1. The van der Waals surface area contributed by atoms with Crippen molar-refractivity contribution in [1.82, 2.24) is 4.47 Å². The van der Waals surface area contributed by atoms with E-state index in [2.05, 4.69) is 4.84 Å². The van der Waals surface area contributed by atoms with E-state index in [9.17, 15) is 16.8 Å². The van der Waals surface area contributed by atoms with Gasteiger partial charge in [-0.25, -0.2) is 22.0 Å². The molecule has 0 radical (unpaired) electrons. The number of sulfonamides is 2. The molecule has 1 aromatic carbocycles. The smallest absolute Gasteiger partial charge is 0.264 e. The van der Waals surface area contributed by atoms with Gasteiger partial charge in [-0.2, -0.15) is 0 Å². The second-order valence-corrected chi connectivity index (χ2v) is 6.61. The van der Waals surface area contributed by atoms with Crippen molar-refractivity contribution in [2.24, 2.45) is 5.14 Å². The maximum atomic E-state index is 11.8. The topological polar surface area (TPSA) is 107 Å². The molecule has 17 heavy (non-hydrogen) atoms. The number of rotatable bonds is 4. The summed E-state index contributed by atoms with van der Waals surface area (Å²) in [6.45, 7) is 0. The Morgan fingerprint density at radius 3 is 2.18 bits per heavy atom. The minimum Gasteiger partial charge on any atom is -0.288 e. The van der Waals surface area contributed by atoms with E-state index < -0.39 is 20.0 Å². The van der Waals surface area contributed by atoms with Gasteiger partial charge in [-0.3, -0.25) is 4.84 Å². The van der Waals surface area contributed by atoms with Gasteiger partial charge in [0.2, 0.25) is 10.0 Å². The SMILES string of the molecule is CON(C)S(=O)(=O)c1cccc(S(N)(=O)=O)c1. The molecule has 0 aliphatic carbocycles. The van der Waals surface area contributed by atoms with Crippen molar-refractivity contribution < 1.29 is 21.7 Å². The van der Waals surface area contributed by atoms with Crippen LogP contribution in [0.25, 0.3) is 0 Å². The fraction of sp³-hybridized carbons (Fsp3) is 0.250. The first-order valence-electron chi connectivity index (χ1n) is 4.35. The molecule has 0 aliphatic heterocycles. The Kier molecular flexibility index (Phi) is 3.89. The number of hydrogen-bond acceptors (Lipinski definition) is 5. The van der Waals surface area contributed by atoms with Gasteiger partial charge < -0.3 is 0 Å². The minimum atomic E-state index is -3.94. The molecular formula is C8H12N2O5S2. The van der Waals surface area contributed by atoms with Crippen LogP contribution in [-0.2, 0) is 24.9 Å². The monoisotopic (exact) mass is 280 g/mol. The Hall–Kier alpha value is -1.00. The Labute approximate surface area is 99.9 Å². The van der Waals surface area contributed by atoms with Crippen LogP contribution in [0.4, 0.5) is 0 Å². The molecule has 0 amide bonds. The average molecular weight is 280 g/mol. The summed E-state index contributed by atoms with van der Waals surface area (Å²) in [5.41, 5.74) is 0. The number of nitrogens with zero attached hydrogens (tertiary/aromatic N) is 1. The highest BCUT2D eigenvalue weighted by Crippen LogP contribution is 2.17. The first kappa shape index (κ1) is 14.1. The fourth-order valence-corrected chi connectivity index (χ4v) is 2.71. The number of hydroxylamine groups is 1. The van der Waals surface area contributed by atoms with Crippen molar-refractivity contribution in [3.8, 4) is 0 Å². The van der Waals surface area contributed by atoms with Crippen molar-refractivity contribution in [1.29, 1.82) is 0 Å². The van der Waals surface area contributed by atoms with Gasteiger partial charge in [0, 0.05) is 7.05 Å². The maximum absolute atomic E-state index is 11.8. The minimum absolute atomic E-state index is 0.214. The average Bonchev–Trinajstić information content (AvgIpc) is 2.27. The molecule has 0 atom stereocenters. The van der Waals surface area contributed by atoms with Crippen molar-refractivity contribution in [2.75, 3.05) is 14.2 Å². The maximum Gasteiger partial charge on any atom is 0.264 e. The molecule has 96 valence electrons. The third-order valence-electron chi connectivity index (χ3n) is 2.03. The fourth-order valence-electron chi connectivity index (χ4n) is 1.06. The van der Waals surface area contributed by atoms with Crippen LogP contribution in [-0.4, -0.2) is 35.5 Å². The molecule has 9 heteroatoms. The highest BCUT2D eigenvalue weighted by molar-refractivity contribution is 7.89. The molecule has 2 N–H and O–H groups in total. The van der Waals surface area contributed by atoms with Crippen molar-refractivity contribution in [2.45, 2.75) is 9.79 Å². The van der Waals surface area contributed by atoms with Gasteiger partial charge in [0.05, 0.1) is 16.9 Å². The Bertz CT molecular complexity index is 609. The zero-order valence-corrected chi connectivity index (χ0v) is 10.8. The molecule has 7 nitrogen and oxygen atoms in total. The first-order valence-corrected chi connectivity index (χ1v) is 7.34. The summed E-state index contributed by atoms with van der Waals surface area (Å²) < 4.78 is 46.4. The predicted octanol–water partition coefficient (Wildman–Crippen LogP) is -0.484. The van der Waals surface area contributed by atoms with E-state index >= 15 is 0 Å². The Morgan fingerprint density at radius 1 is 1.18 bits per heavy atom. The van der Waals surface area contributed by atoms with Crippen LogP contribution in [0.3, 0.4) is 0 Å². The largest absolute Gasteiger partial charge is 0.288 e. The van der Waals surface area contributed by atoms with Gasteiger partial charge in [-0.1, -0.05) is 10.5 Å². The third kappa shape index (κ3) is 3.01. The van der Waals surface area contributed by atoms with Gasteiger partial charge in [-0.05, 0) is 18.2 Å². The summed E-state index contributed by atoms with van der Waals surface area (Å²) >= 11 is 0. The number of primary sulfonamides is 1. The van der Waals surface area contributed by atoms with Crippen molar-refractivity contribution in [3.05, 3.63) is 24.3 Å². The highest BCUT2D eigenvalue weighted by Gasteiger charge is 2.22. The predicted molar refractivity (Wildman–Crippen MR) is 59.8 cm³/mol. The molecule has 1 rings (SSSR count). The van der Waals surface area contributed by atoms with E-state index in [0.717, 1.165) is 6.07 Å². The van der Waals surface area contributed by atoms with Crippen molar-refractivity contribution >= 4 is 20.0 Å². The lowest BCUT2D eigenvalue weighted by Crippen LogP contribution is -2.26. The lowest BCUT2D eigenvalue weighted by molar-refractivity contribution is -0.0258. The summed E-state index contributed by atoms with van der Waals surface area (Å²) in [5, 5.41) is 4.91. The molecule has 0 saturated carbocycles. The van der Waals surface area contributed by atoms with Gasteiger partial charge >= 0.3 is 0 Å². The molecule has 0 heterocycles. The van der Waals surface area contributed by atoms with Gasteiger partial charge in [0.25, 0.3) is 10.0 Å². The lowest BCUT2D eigenvalue weighted by Gasteiger charge is -2.14. The molecule has 0 fully saturated rings. The first-order chi connectivity index (χ1) is 7.69. The van der Waals surface area contributed by atoms with Crippen LogP contribution in [0.15, 0.2) is 34.1 Å². The highest BCUT2D eigenvalue weighted by atomic mass is 32.2. The summed E-state index contributed by atoms with van der Waals surface area (Å²) in [5.74, 6) is 0. The zero-order valence-electron chi connectivity index (χ0n) is 9.19. The molecular weight excluding hydrogens is 268 g/mol. The standard InChI is InChI=1S/C8H12N2O5S2/c1-10(15-2)17(13,14)8-5-3-4-7(6-8)16(9,11)12/h3-6H,1-2H3,(H2,9,11,12). The Morgan fingerprint density at radius 2 is 1.71 bits per heavy atom. The zero-order chi connectivity index (χ0) is 13.3. The van der Waals surface area contributed by atoms with Crippen LogP contribution < -0.4 is 5.14 Å². The summed E-state index contributed by atoms with van der Waals surface area (Å²) in [6, 6.07) is 4.72. The van der Waals surface area contributed by atoms with E-state index in [0.29, 0.717) is 4.47 Å². The normalized spacial score (nSPS) is 12.9. The van der Waals surface area contributed by atoms with Crippen LogP contribution in [0.5, 0.6) is 0 Å². The summed E-state index contributed by atoms with van der Waals surface area (Å²) in [4.78, 5) is 4.07. The van der Waals surface area contributed by atoms with Gasteiger partial charge in [-0.15, -0.1) is 0 Å². The quantitative estimate of drug-likeness (QED) is 0.749. The van der Waals surface area contributed by atoms with Gasteiger partial charge in [0.1, 0.15) is 0 Å².